The maximum atomic E-state index is 12.3. The van der Waals surface area contributed by atoms with Crippen LogP contribution in [0.2, 0.25) is 0 Å². The molecule has 0 spiro atoms. The molecule has 2 aromatic carbocycles. The zero-order valence-corrected chi connectivity index (χ0v) is 13.9. The molecule has 0 radical (unpaired) electrons. The molecule has 0 amide bonds. The van der Waals surface area contributed by atoms with Crippen LogP contribution in [0.5, 0.6) is 0 Å². The van der Waals surface area contributed by atoms with E-state index in [1.807, 2.05) is 6.92 Å². The van der Waals surface area contributed by atoms with E-state index in [0.29, 0.717) is 12.3 Å². The summed E-state index contributed by atoms with van der Waals surface area (Å²) in [5.74, 6) is -0.305. The molecule has 0 fully saturated rings. The number of aryl methyl sites for hydroxylation is 1. The predicted octanol–water partition coefficient (Wildman–Crippen LogP) is 2.90. The SMILES string of the molecule is CCOC(=O)Cc1ccc(NS(=O)(=O)c2ccc(C)cc2)cc1. The minimum absolute atomic E-state index is 0.166. The third-order valence-electron chi connectivity index (χ3n) is 3.19. The first-order chi connectivity index (χ1) is 10.9. The van der Waals surface area contributed by atoms with E-state index in [1.54, 1.807) is 55.5 Å². The van der Waals surface area contributed by atoms with Gasteiger partial charge in [-0.25, -0.2) is 8.42 Å². The molecule has 5 nitrogen and oxygen atoms in total. The Bertz CT molecular complexity index is 765. The molecule has 1 N–H and O–H groups in total. The number of nitrogens with one attached hydrogen (secondary N) is 1. The maximum absolute atomic E-state index is 12.3. The van der Waals surface area contributed by atoms with Crippen LogP contribution in [0, 0.1) is 6.92 Å². The van der Waals surface area contributed by atoms with E-state index in [1.165, 1.54) is 0 Å². The monoisotopic (exact) mass is 333 g/mol. The normalized spacial score (nSPS) is 11.0. The second-order valence-electron chi connectivity index (χ2n) is 5.10. The summed E-state index contributed by atoms with van der Waals surface area (Å²) < 4.78 is 31.9. The van der Waals surface area contributed by atoms with Gasteiger partial charge in [-0.3, -0.25) is 9.52 Å². The van der Waals surface area contributed by atoms with Crippen molar-refractivity contribution in [3.8, 4) is 0 Å². The number of carbonyl (C=O) groups is 1. The van der Waals surface area contributed by atoms with Gasteiger partial charge in [0.2, 0.25) is 0 Å². The first-order valence-corrected chi connectivity index (χ1v) is 8.73. The highest BCUT2D eigenvalue weighted by Gasteiger charge is 2.13. The summed E-state index contributed by atoms with van der Waals surface area (Å²) in [5, 5.41) is 0. The molecule has 2 rings (SSSR count). The highest BCUT2D eigenvalue weighted by Crippen LogP contribution is 2.17. The number of carbonyl (C=O) groups excluding carboxylic acids is 1. The molecule has 0 unspecified atom stereocenters. The van der Waals surface area contributed by atoms with Crippen molar-refractivity contribution in [3.05, 3.63) is 59.7 Å². The molecular weight excluding hydrogens is 314 g/mol. The van der Waals surface area contributed by atoms with Gasteiger partial charge in [0.05, 0.1) is 17.9 Å². The van der Waals surface area contributed by atoms with Gasteiger partial charge >= 0.3 is 5.97 Å². The molecule has 122 valence electrons. The van der Waals surface area contributed by atoms with Crippen LogP contribution in [0.4, 0.5) is 5.69 Å². The average Bonchev–Trinajstić information content (AvgIpc) is 2.50. The van der Waals surface area contributed by atoms with E-state index < -0.39 is 10.0 Å². The quantitative estimate of drug-likeness (QED) is 0.825. The fraction of sp³-hybridized carbons (Fsp3) is 0.235. The molecular formula is C17H19NO4S. The number of esters is 1. The number of hydrogen-bond donors (Lipinski definition) is 1. The van der Waals surface area contributed by atoms with E-state index in [0.717, 1.165) is 11.1 Å². The van der Waals surface area contributed by atoms with Crippen molar-refractivity contribution in [2.24, 2.45) is 0 Å². The van der Waals surface area contributed by atoms with E-state index in [4.69, 9.17) is 4.74 Å². The molecule has 0 bridgehead atoms. The van der Waals surface area contributed by atoms with Gasteiger partial charge in [-0.1, -0.05) is 29.8 Å². The maximum Gasteiger partial charge on any atom is 0.310 e. The third kappa shape index (κ3) is 4.82. The van der Waals surface area contributed by atoms with Crippen molar-refractivity contribution in [1.82, 2.24) is 0 Å². The van der Waals surface area contributed by atoms with Crippen molar-refractivity contribution in [2.45, 2.75) is 25.2 Å². The fourth-order valence-corrected chi connectivity index (χ4v) is 3.06. The van der Waals surface area contributed by atoms with Gasteiger partial charge in [0.25, 0.3) is 10.0 Å². The van der Waals surface area contributed by atoms with Crippen molar-refractivity contribution in [1.29, 1.82) is 0 Å². The van der Waals surface area contributed by atoms with Crippen LogP contribution in [0.1, 0.15) is 18.1 Å². The van der Waals surface area contributed by atoms with Crippen LogP contribution in [0.15, 0.2) is 53.4 Å². The second kappa shape index (κ2) is 7.28. The Morgan fingerprint density at radius 2 is 1.65 bits per heavy atom. The predicted molar refractivity (Wildman–Crippen MR) is 88.8 cm³/mol. The largest absolute Gasteiger partial charge is 0.466 e. The molecule has 6 heteroatoms. The van der Waals surface area contributed by atoms with Crippen LogP contribution in [-0.2, 0) is 26.0 Å². The number of sulfonamides is 1. The van der Waals surface area contributed by atoms with Crippen molar-refractivity contribution in [3.63, 3.8) is 0 Å². The van der Waals surface area contributed by atoms with Gasteiger partial charge in [0.1, 0.15) is 0 Å². The summed E-state index contributed by atoms with van der Waals surface area (Å²) in [4.78, 5) is 11.6. The number of hydrogen-bond acceptors (Lipinski definition) is 4. The summed E-state index contributed by atoms with van der Waals surface area (Å²) in [7, 11) is -3.62. The minimum Gasteiger partial charge on any atom is -0.466 e. The molecule has 0 heterocycles. The first kappa shape index (κ1) is 17.0. The Hall–Kier alpha value is -2.34. The van der Waals surface area contributed by atoms with Crippen LogP contribution in [0.3, 0.4) is 0 Å². The van der Waals surface area contributed by atoms with Crippen molar-refractivity contribution in [2.75, 3.05) is 11.3 Å². The molecule has 0 saturated heterocycles. The molecule has 0 aliphatic heterocycles. The molecule has 0 saturated carbocycles. The zero-order valence-electron chi connectivity index (χ0n) is 13.1. The number of rotatable bonds is 6. The van der Waals surface area contributed by atoms with Crippen LogP contribution in [0.25, 0.3) is 0 Å². The van der Waals surface area contributed by atoms with E-state index in [9.17, 15) is 13.2 Å². The third-order valence-corrected chi connectivity index (χ3v) is 4.59. The first-order valence-electron chi connectivity index (χ1n) is 7.25. The second-order valence-corrected chi connectivity index (χ2v) is 6.78. The Labute approximate surface area is 136 Å². The average molecular weight is 333 g/mol. The lowest BCUT2D eigenvalue weighted by molar-refractivity contribution is -0.142. The lowest BCUT2D eigenvalue weighted by Gasteiger charge is -2.09. The molecule has 23 heavy (non-hydrogen) atoms. The van der Waals surface area contributed by atoms with Crippen molar-refractivity contribution >= 4 is 21.7 Å². The van der Waals surface area contributed by atoms with Crippen molar-refractivity contribution < 1.29 is 17.9 Å². The Morgan fingerprint density at radius 3 is 2.22 bits per heavy atom. The summed E-state index contributed by atoms with van der Waals surface area (Å²) in [6.45, 7) is 3.99. The van der Waals surface area contributed by atoms with E-state index >= 15 is 0 Å². The number of anilines is 1. The van der Waals surface area contributed by atoms with E-state index in [2.05, 4.69) is 4.72 Å². The van der Waals surface area contributed by atoms with Gasteiger partial charge in [-0.15, -0.1) is 0 Å². The summed E-state index contributed by atoms with van der Waals surface area (Å²) in [6, 6.07) is 13.3. The van der Waals surface area contributed by atoms with Gasteiger partial charge < -0.3 is 4.74 Å². The lowest BCUT2D eigenvalue weighted by atomic mass is 10.1. The van der Waals surface area contributed by atoms with Gasteiger partial charge in [-0.05, 0) is 43.7 Å². The fourth-order valence-electron chi connectivity index (χ4n) is 2.00. The highest BCUT2D eigenvalue weighted by atomic mass is 32.2. The van der Waals surface area contributed by atoms with Gasteiger partial charge in [0.15, 0.2) is 0 Å². The smallest absolute Gasteiger partial charge is 0.310 e. The summed E-state index contributed by atoms with van der Waals surface area (Å²) in [6.07, 6.45) is 0.166. The topological polar surface area (TPSA) is 72.5 Å². The molecule has 0 aromatic heterocycles. The summed E-state index contributed by atoms with van der Waals surface area (Å²) >= 11 is 0. The Morgan fingerprint density at radius 1 is 1.04 bits per heavy atom. The zero-order chi connectivity index (χ0) is 16.9. The molecule has 0 aliphatic carbocycles. The van der Waals surface area contributed by atoms with Gasteiger partial charge in [-0.2, -0.15) is 0 Å². The van der Waals surface area contributed by atoms with Gasteiger partial charge in [0, 0.05) is 5.69 Å². The van der Waals surface area contributed by atoms with Crippen LogP contribution < -0.4 is 4.72 Å². The number of benzene rings is 2. The minimum atomic E-state index is -3.62. The highest BCUT2D eigenvalue weighted by molar-refractivity contribution is 7.92. The Balaban J connectivity index is 2.08. The molecule has 2 aromatic rings. The standard InChI is InChI=1S/C17H19NO4S/c1-3-22-17(19)12-14-6-8-15(9-7-14)18-23(20,21)16-10-4-13(2)5-11-16/h4-11,18H,3,12H2,1-2H3. The van der Waals surface area contributed by atoms with E-state index in [-0.39, 0.29) is 17.3 Å². The Kier molecular flexibility index (Phi) is 5.39. The van der Waals surface area contributed by atoms with Crippen LogP contribution in [-0.4, -0.2) is 21.0 Å². The molecule has 0 atom stereocenters. The summed E-state index contributed by atoms with van der Waals surface area (Å²) in [5.41, 5.74) is 2.20. The van der Waals surface area contributed by atoms with Crippen LogP contribution >= 0.6 is 0 Å². The molecule has 0 aliphatic rings. The number of ether oxygens (including phenoxy) is 1. The lowest BCUT2D eigenvalue weighted by Crippen LogP contribution is -2.13.